The van der Waals surface area contributed by atoms with Gasteiger partial charge in [0.15, 0.2) is 9.84 Å². The molecule has 0 aliphatic rings. The lowest BCUT2D eigenvalue weighted by Gasteiger charge is -2.18. The molecule has 0 unspecified atom stereocenters. The summed E-state index contributed by atoms with van der Waals surface area (Å²) in [5, 5.41) is 0. The quantitative estimate of drug-likeness (QED) is 0.636. The molecule has 1 aromatic rings. The van der Waals surface area contributed by atoms with Crippen LogP contribution in [0.1, 0.15) is 64.5 Å². The van der Waals surface area contributed by atoms with E-state index < -0.39 is 14.6 Å². The molecule has 0 radical (unpaired) electrons. The van der Waals surface area contributed by atoms with Crippen LogP contribution in [0.5, 0.6) is 0 Å². The Morgan fingerprint density at radius 2 is 1.52 bits per heavy atom. The molecule has 0 spiro atoms. The van der Waals surface area contributed by atoms with E-state index >= 15 is 0 Å². The van der Waals surface area contributed by atoms with Crippen molar-refractivity contribution < 1.29 is 13.2 Å². The maximum atomic E-state index is 12.0. The third-order valence-electron chi connectivity index (χ3n) is 4.13. The van der Waals surface area contributed by atoms with Crippen molar-refractivity contribution in [2.45, 2.75) is 71.0 Å². The van der Waals surface area contributed by atoms with Gasteiger partial charge in [-0.15, -0.1) is 0 Å². The van der Waals surface area contributed by atoms with Gasteiger partial charge in [0.05, 0.1) is 10.5 Å². The Hall–Kier alpha value is -1.16. The highest BCUT2D eigenvalue weighted by Gasteiger charge is 2.27. The molecule has 3 nitrogen and oxygen atoms in total. The molecule has 0 N–H and O–H groups in total. The highest BCUT2D eigenvalue weighted by molar-refractivity contribution is 7.92. The molecule has 0 aliphatic heterocycles. The van der Waals surface area contributed by atoms with E-state index in [0.29, 0.717) is 19.3 Å². The fourth-order valence-corrected chi connectivity index (χ4v) is 3.50. The van der Waals surface area contributed by atoms with Crippen LogP contribution >= 0.6 is 0 Å². The molecule has 0 aromatic heterocycles. The molecular weight excluding hydrogens is 308 g/mol. The second-order valence-electron chi connectivity index (χ2n) is 7.13. The number of sulfone groups is 1. The van der Waals surface area contributed by atoms with Crippen molar-refractivity contribution in [1.29, 1.82) is 0 Å². The Morgan fingerprint density at radius 3 is 2.04 bits per heavy atom. The van der Waals surface area contributed by atoms with Gasteiger partial charge in [0.2, 0.25) is 0 Å². The highest BCUT2D eigenvalue weighted by atomic mass is 32.2. The number of carbonyl (C=O) groups excluding carboxylic acids is 1. The predicted molar refractivity (Wildman–Crippen MR) is 96.5 cm³/mol. The fourth-order valence-electron chi connectivity index (χ4n) is 2.31. The third-order valence-corrected chi connectivity index (χ3v) is 6.83. The van der Waals surface area contributed by atoms with Gasteiger partial charge in [0.25, 0.3) is 0 Å². The average Bonchev–Trinajstić information content (AvgIpc) is 2.46. The van der Waals surface area contributed by atoms with Crippen LogP contribution in [-0.4, -0.2) is 24.7 Å². The Morgan fingerprint density at radius 1 is 0.957 bits per heavy atom. The van der Waals surface area contributed by atoms with Crippen LogP contribution < -0.4 is 0 Å². The smallest absolute Gasteiger partial charge is 0.155 e. The molecule has 0 fully saturated rings. The normalized spacial score (nSPS) is 12.3. The van der Waals surface area contributed by atoms with E-state index in [9.17, 15) is 13.2 Å². The molecule has 4 heteroatoms. The number of ketones is 1. The summed E-state index contributed by atoms with van der Waals surface area (Å²) >= 11 is 0. The molecule has 130 valence electrons. The number of hydrogen-bond donors (Lipinski definition) is 0. The number of hydrogen-bond acceptors (Lipinski definition) is 3. The van der Waals surface area contributed by atoms with Crippen LogP contribution in [0.2, 0.25) is 0 Å². The van der Waals surface area contributed by atoms with Gasteiger partial charge in [-0.3, -0.25) is 4.79 Å². The molecule has 0 atom stereocenters. The highest BCUT2D eigenvalue weighted by Crippen LogP contribution is 2.18. The van der Waals surface area contributed by atoms with Crippen LogP contribution in [0.25, 0.3) is 0 Å². The van der Waals surface area contributed by atoms with Crippen molar-refractivity contribution in [3.05, 3.63) is 35.4 Å². The molecule has 1 rings (SSSR count). The van der Waals surface area contributed by atoms with Gasteiger partial charge in [0, 0.05) is 12.8 Å². The van der Waals surface area contributed by atoms with Crippen molar-refractivity contribution in [3.8, 4) is 0 Å². The minimum absolute atomic E-state index is 0.211. The van der Waals surface area contributed by atoms with Gasteiger partial charge < -0.3 is 0 Å². The van der Waals surface area contributed by atoms with Gasteiger partial charge in [-0.05, 0) is 51.2 Å². The number of aryl methyl sites for hydroxylation is 1. The minimum atomic E-state index is -3.04. The number of carbonyl (C=O) groups is 1. The summed E-state index contributed by atoms with van der Waals surface area (Å²) in [6.45, 7) is 7.31. The minimum Gasteiger partial charge on any atom is -0.299 e. The van der Waals surface area contributed by atoms with E-state index in [2.05, 4.69) is 19.1 Å². The van der Waals surface area contributed by atoms with E-state index in [1.54, 1.807) is 20.8 Å². The first-order valence-corrected chi connectivity index (χ1v) is 10.1. The first-order valence-electron chi connectivity index (χ1n) is 8.47. The molecule has 1 aromatic carbocycles. The predicted octanol–water partition coefficient (Wildman–Crippen LogP) is 4.13. The molecule has 0 saturated carbocycles. The first kappa shape index (κ1) is 19.9. The lowest BCUT2D eigenvalue weighted by molar-refractivity contribution is -0.118. The molecule has 0 heterocycles. The summed E-state index contributed by atoms with van der Waals surface area (Å²) < 4.78 is 23.3. The number of Topliss-reactive ketones (excluding diaryl/α,β-unsaturated/α-hetero) is 1. The topological polar surface area (TPSA) is 51.2 Å². The summed E-state index contributed by atoms with van der Waals surface area (Å²) in [4.78, 5) is 12.0. The van der Waals surface area contributed by atoms with Crippen molar-refractivity contribution in [3.63, 3.8) is 0 Å². The van der Waals surface area contributed by atoms with Crippen molar-refractivity contribution in [1.82, 2.24) is 0 Å². The van der Waals surface area contributed by atoms with Gasteiger partial charge in [-0.1, -0.05) is 37.6 Å². The van der Waals surface area contributed by atoms with Gasteiger partial charge in [-0.25, -0.2) is 8.42 Å². The van der Waals surface area contributed by atoms with Crippen LogP contribution in [0.3, 0.4) is 0 Å². The van der Waals surface area contributed by atoms with Crippen molar-refractivity contribution in [2.24, 2.45) is 0 Å². The third kappa shape index (κ3) is 6.86. The number of unbranched alkanes of at least 4 members (excludes halogenated alkanes) is 2. The van der Waals surface area contributed by atoms with Crippen LogP contribution in [0, 0.1) is 0 Å². The summed E-state index contributed by atoms with van der Waals surface area (Å²) in [5.74, 6) is 0.441. The lowest BCUT2D eigenvalue weighted by Crippen LogP contribution is -2.30. The number of rotatable bonds is 9. The zero-order valence-electron chi connectivity index (χ0n) is 14.9. The maximum absolute atomic E-state index is 12.0. The second kappa shape index (κ2) is 8.62. The fraction of sp³-hybridized carbons (Fsp3) is 0.632. The van der Waals surface area contributed by atoms with E-state index in [-0.39, 0.29) is 11.5 Å². The van der Waals surface area contributed by atoms with Gasteiger partial charge >= 0.3 is 0 Å². The molecule has 0 amide bonds. The first-order chi connectivity index (χ1) is 10.7. The monoisotopic (exact) mass is 338 g/mol. The van der Waals surface area contributed by atoms with Crippen LogP contribution in [0.4, 0.5) is 0 Å². The Balaban J connectivity index is 2.26. The summed E-state index contributed by atoms with van der Waals surface area (Å²) in [6.07, 6.45) is 4.21. The molecule has 0 saturated heterocycles. The second-order valence-corrected chi connectivity index (χ2v) is 9.99. The standard InChI is InChI=1S/C19H30O3S/c1-5-16-10-12-17(13-11-16)15-18(20)9-7-6-8-14-23(21,22)19(2,3)4/h10-13H,5-9,14-15H2,1-4H3. The SMILES string of the molecule is CCc1ccc(CC(=O)CCCCCS(=O)(=O)C(C)(C)C)cc1. The van der Waals surface area contributed by atoms with E-state index in [1.807, 2.05) is 12.1 Å². The molecule has 23 heavy (non-hydrogen) atoms. The molecule has 0 bridgehead atoms. The van der Waals surface area contributed by atoms with Crippen molar-refractivity contribution >= 4 is 15.6 Å². The Bertz CT molecular complexity index is 592. The van der Waals surface area contributed by atoms with E-state index in [1.165, 1.54) is 5.56 Å². The van der Waals surface area contributed by atoms with Crippen LogP contribution in [-0.2, 0) is 27.5 Å². The number of benzene rings is 1. The summed E-state index contributed by atoms with van der Waals surface area (Å²) in [6, 6.07) is 8.18. The Labute approximate surface area is 141 Å². The molecular formula is C19H30O3S. The zero-order chi connectivity index (χ0) is 17.5. The maximum Gasteiger partial charge on any atom is 0.155 e. The van der Waals surface area contributed by atoms with Gasteiger partial charge in [0.1, 0.15) is 5.78 Å². The largest absolute Gasteiger partial charge is 0.299 e. The summed E-state index contributed by atoms with van der Waals surface area (Å²) in [5.41, 5.74) is 2.34. The molecule has 0 aliphatic carbocycles. The van der Waals surface area contributed by atoms with Gasteiger partial charge in [-0.2, -0.15) is 0 Å². The Kier molecular flexibility index (Phi) is 7.46. The van der Waals surface area contributed by atoms with Crippen LogP contribution in [0.15, 0.2) is 24.3 Å². The van der Waals surface area contributed by atoms with Crippen molar-refractivity contribution in [2.75, 3.05) is 5.75 Å². The van der Waals surface area contributed by atoms with E-state index in [0.717, 1.165) is 24.8 Å². The van der Waals surface area contributed by atoms with E-state index in [4.69, 9.17) is 0 Å². The summed E-state index contributed by atoms with van der Waals surface area (Å²) in [7, 11) is -3.04. The lowest BCUT2D eigenvalue weighted by atomic mass is 10.0. The average molecular weight is 339 g/mol. The zero-order valence-corrected chi connectivity index (χ0v) is 15.7.